The van der Waals surface area contributed by atoms with Crippen molar-refractivity contribution < 1.29 is 0 Å². The van der Waals surface area contributed by atoms with Crippen LogP contribution in [0.4, 0.5) is 0 Å². The van der Waals surface area contributed by atoms with Gasteiger partial charge in [0.1, 0.15) is 10.4 Å². The number of thioether (sulfide) groups is 2. The maximum Gasteiger partial charge on any atom is 0.119 e. The van der Waals surface area contributed by atoms with E-state index in [-0.39, 0.29) is 0 Å². The predicted molar refractivity (Wildman–Crippen MR) is 48.1 cm³/mol. The molecule has 0 aromatic carbocycles. The van der Waals surface area contributed by atoms with E-state index in [0.29, 0.717) is 9.96 Å². The number of hydrogen-bond acceptors (Lipinski definition) is 4. The number of nitrogens with one attached hydrogen (secondary N) is 1. The normalized spacial score (nSPS) is 35.5. The van der Waals surface area contributed by atoms with Gasteiger partial charge >= 0.3 is 0 Å². The zero-order valence-corrected chi connectivity index (χ0v) is 7.26. The second kappa shape index (κ2) is 2.20. The lowest BCUT2D eigenvalue weighted by atomic mass is 10.4. The molecule has 4 heteroatoms. The monoisotopic (exact) mass is 172 g/mol. The van der Waals surface area contributed by atoms with Crippen molar-refractivity contribution in [3.05, 3.63) is 12.2 Å². The number of fused-ring (bicyclic) bond motifs is 1. The fourth-order valence-corrected chi connectivity index (χ4v) is 2.84. The largest absolute Gasteiger partial charge is 0.294 e. The van der Waals surface area contributed by atoms with E-state index in [4.69, 9.17) is 0 Å². The lowest BCUT2D eigenvalue weighted by Crippen LogP contribution is -2.19. The highest BCUT2D eigenvalue weighted by Crippen LogP contribution is 2.50. The van der Waals surface area contributed by atoms with E-state index in [1.165, 1.54) is 0 Å². The fourth-order valence-electron chi connectivity index (χ4n) is 0.735. The summed E-state index contributed by atoms with van der Waals surface area (Å²) >= 11 is 3.74. The highest BCUT2D eigenvalue weighted by molar-refractivity contribution is 8.30. The van der Waals surface area contributed by atoms with Crippen molar-refractivity contribution in [2.24, 2.45) is 5.10 Å². The summed E-state index contributed by atoms with van der Waals surface area (Å²) in [6, 6.07) is 0. The summed E-state index contributed by atoms with van der Waals surface area (Å²) in [6.07, 6.45) is 0. The van der Waals surface area contributed by atoms with Crippen molar-refractivity contribution in [3.8, 4) is 0 Å². The second-order valence-corrected chi connectivity index (χ2v) is 5.09. The van der Waals surface area contributed by atoms with Gasteiger partial charge in [0.2, 0.25) is 0 Å². The minimum atomic E-state index is 0.577. The minimum absolute atomic E-state index is 0.577. The molecule has 2 heterocycles. The van der Waals surface area contributed by atoms with E-state index in [1.54, 1.807) is 0 Å². The Balaban J connectivity index is 2.09. The average Bonchev–Trinajstić information content (AvgIpc) is 2.63. The van der Waals surface area contributed by atoms with Gasteiger partial charge in [-0.25, -0.2) is 0 Å². The van der Waals surface area contributed by atoms with E-state index >= 15 is 0 Å². The molecule has 0 amide bonds. The molecule has 0 spiro atoms. The highest BCUT2D eigenvalue weighted by atomic mass is 32.2. The highest BCUT2D eigenvalue weighted by Gasteiger charge is 2.42. The van der Waals surface area contributed by atoms with Gasteiger partial charge in [0, 0.05) is 0 Å². The van der Waals surface area contributed by atoms with Gasteiger partial charge < -0.3 is 0 Å². The Morgan fingerprint density at radius 2 is 2.60 bits per heavy atom. The van der Waals surface area contributed by atoms with E-state index in [2.05, 4.69) is 17.1 Å². The first-order valence-electron chi connectivity index (χ1n) is 3.08. The minimum Gasteiger partial charge on any atom is -0.294 e. The molecule has 2 unspecified atom stereocenters. The molecular formula is C6H8N2S2. The first kappa shape index (κ1) is 6.61. The Bertz CT molecular complexity index is 212. The molecule has 10 heavy (non-hydrogen) atoms. The van der Waals surface area contributed by atoms with E-state index in [1.807, 2.05) is 30.4 Å². The summed E-state index contributed by atoms with van der Waals surface area (Å²) in [5.74, 6) is 0. The van der Waals surface area contributed by atoms with Crippen LogP contribution in [0, 0.1) is 0 Å². The van der Waals surface area contributed by atoms with Gasteiger partial charge in [-0.2, -0.15) is 5.10 Å². The van der Waals surface area contributed by atoms with Crippen molar-refractivity contribution in [2.45, 2.75) is 16.9 Å². The van der Waals surface area contributed by atoms with E-state index in [9.17, 15) is 0 Å². The third-order valence-electron chi connectivity index (χ3n) is 1.34. The molecule has 0 radical (unpaired) electrons. The van der Waals surface area contributed by atoms with Gasteiger partial charge in [-0.15, -0.1) is 11.8 Å². The van der Waals surface area contributed by atoms with Crippen LogP contribution >= 0.6 is 23.5 Å². The third-order valence-corrected chi connectivity index (χ3v) is 4.20. The van der Waals surface area contributed by atoms with Crippen LogP contribution in [0.3, 0.4) is 0 Å². The Hall–Kier alpha value is -0.0900. The molecule has 54 valence electrons. The second-order valence-electron chi connectivity index (χ2n) is 2.37. The summed E-state index contributed by atoms with van der Waals surface area (Å²) in [4.78, 5) is 0. The van der Waals surface area contributed by atoms with E-state index in [0.717, 1.165) is 10.6 Å². The van der Waals surface area contributed by atoms with E-state index < -0.39 is 0 Å². The SMILES string of the molecule is C=C(C)C1=NNC2SC2S1. The molecule has 0 aliphatic carbocycles. The Morgan fingerprint density at radius 1 is 1.80 bits per heavy atom. The molecule has 2 aliphatic rings. The van der Waals surface area contributed by atoms with Crippen LogP contribution in [0.25, 0.3) is 0 Å². The average molecular weight is 172 g/mol. The molecular weight excluding hydrogens is 164 g/mol. The molecule has 2 nitrogen and oxygen atoms in total. The quantitative estimate of drug-likeness (QED) is 0.608. The van der Waals surface area contributed by atoms with Crippen LogP contribution in [0.2, 0.25) is 0 Å². The lowest BCUT2D eigenvalue weighted by Gasteiger charge is -2.08. The van der Waals surface area contributed by atoms with Crippen LogP contribution in [0.5, 0.6) is 0 Å². The summed E-state index contributed by atoms with van der Waals surface area (Å²) in [5.41, 5.74) is 4.12. The zero-order chi connectivity index (χ0) is 7.14. The third kappa shape index (κ3) is 1.06. The number of hydrazone groups is 1. The van der Waals surface area contributed by atoms with Crippen LogP contribution in [0.15, 0.2) is 17.3 Å². The maximum atomic E-state index is 4.16. The summed E-state index contributed by atoms with van der Waals surface area (Å²) < 4.78 is 0.698. The van der Waals surface area contributed by atoms with Crippen LogP contribution < -0.4 is 5.43 Å². The lowest BCUT2D eigenvalue weighted by molar-refractivity contribution is 0.772. The van der Waals surface area contributed by atoms with Crippen LogP contribution in [-0.2, 0) is 0 Å². The van der Waals surface area contributed by atoms with Gasteiger partial charge in [0.05, 0.1) is 4.58 Å². The Labute approximate surface area is 68.5 Å². The fraction of sp³-hybridized carbons (Fsp3) is 0.500. The number of hydrogen-bond donors (Lipinski definition) is 1. The van der Waals surface area contributed by atoms with Gasteiger partial charge in [0.25, 0.3) is 0 Å². The Kier molecular flexibility index (Phi) is 1.46. The summed E-state index contributed by atoms with van der Waals surface area (Å²) in [7, 11) is 0. The molecule has 1 N–H and O–H groups in total. The zero-order valence-electron chi connectivity index (χ0n) is 5.63. The number of rotatable bonds is 1. The predicted octanol–water partition coefficient (Wildman–Crippen LogP) is 1.61. The molecule has 0 aromatic heterocycles. The molecule has 2 atom stereocenters. The summed E-state index contributed by atoms with van der Waals surface area (Å²) in [6.45, 7) is 5.82. The van der Waals surface area contributed by atoms with Crippen molar-refractivity contribution in [2.75, 3.05) is 0 Å². The molecule has 2 rings (SSSR count). The van der Waals surface area contributed by atoms with Crippen LogP contribution in [-0.4, -0.2) is 15.0 Å². The molecule has 0 saturated carbocycles. The first-order chi connectivity index (χ1) is 4.77. The smallest absolute Gasteiger partial charge is 0.119 e. The van der Waals surface area contributed by atoms with Crippen molar-refractivity contribution in [3.63, 3.8) is 0 Å². The number of nitrogens with zero attached hydrogens (tertiary/aromatic N) is 1. The first-order valence-corrected chi connectivity index (χ1v) is 4.91. The van der Waals surface area contributed by atoms with Gasteiger partial charge in [-0.3, -0.25) is 5.43 Å². The van der Waals surface area contributed by atoms with Crippen molar-refractivity contribution in [1.82, 2.24) is 5.43 Å². The van der Waals surface area contributed by atoms with Gasteiger partial charge in [-0.05, 0) is 12.5 Å². The van der Waals surface area contributed by atoms with Gasteiger partial charge in [-0.1, -0.05) is 18.3 Å². The molecule has 1 saturated heterocycles. The standard InChI is InChI=1S/C6H8N2S2/c1-3(2)4-7-8-5-6(9-4)10-5/h5-6,8H,1H2,2H3. The topological polar surface area (TPSA) is 24.4 Å². The molecule has 1 fully saturated rings. The summed E-state index contributed by atoms with van der Waals surface area (Å²) in [5, 5.41) is 5.80. The molecule has 0 aromatic rings. The Morgan fingerprint density at radius 3 is 3.20 bits per heavy atom. The van der Waals surface area contributed by atoms with Crippen molar-refractivity contribution in [1.29, 1.82) is 0 Å². The van der Waals surface area contributed by atoms with Crippen LogP contribution in [0.1, 0.15) is 6.92 Å². The molecule has 0 bridgehead atoms. The molecule has 2 aliphatic heterocycles. The van der Waals surface area contributed by atoms with Gasteiger partial charge in [0.15, 0.2) is 0 Å². The maximum absolute atomic E-state index is 4.16. The van der Waals surface area contributed by atoms with Crippen molar-refractivity contribution >= 4 is 28.6 Å².